The molecule has 0 radical (unpaired) electrons. The van der Waals surface area contributed by atoms with E-state index in [9.17, 15) is 14.0 Å². The van der Waals surface area contributed by atoms with Gasteiger partial charge in [0.2, 0.25) is 0 Å². The first-order valence-electron chi connectivity index (χ1n) is 8.62. The number of aryl methyl sites for hydroxylation is 2. The highest BCUT2D eigenvalue weighted by atomic mass is 19.1. The summed E-state index contributed by atoms with van der Waals surface area (Å²) in [7, 11) is 0. The van der Waals surface area contributed by atoms with Crippen molar-refractivity contribution in [3.63, 3.8) is 0 Å². The minimum absolute atomic E-state index is 0.218. The van der Waals surface area contributed by atoms with Crippen molar-refractivity contribution in [3.8, 4) is 5.69 Å². The predicted molar refractivity (Wildman–Crippen MR) is 96.9 cm³/mol. The van der Waals surface area contributed by atoms with E-state index in [1.165, 1.54) is 52.5 Å². The Labute approximate surface area is 155 Å². The first-order chi connectivity index (χ1) is 13.1. The Bertz CT molecular complexity index is 1010. The van der Waals surface area contributed by atoms with Crippen LogP contribution in [0.1, 0.15) is 38.4 Å². The highest BCUT2D eigenvalue weighted by Gasteiger charge is 2.16. The van der Waals surface area contributed by atoms with Crippen molar-refractivity contribution < 1.29 is 14.0 Å². The SMILES string of the molecule is O=C(NNC(=O)c1cncn1-c1ccc(F)cc1)c1ccc2c(c1)CCC2. The molecule has 7 heteroatoms. The third kappa shape index (κ3) is 3.44. The van der Waals surface area contributed by atoms with E-state index < -0.39 is 5.91 Å². The number of fused-ring (bicyclic) bond motifs is 1. The van der Waals surface area contributed by atoms with E-state index in [0.29, 0.717) is 11.3 Å². The predicted octanol–water partition coefficient (Wildman–Crippen LogP) is 2.57. The van der Waals surface area contributed by atoms with Crippen LogP contribution in [0.2, 0.25) is 0 Å². The first kappa shape index (κ1) is 17.0. The molecule has 0 spiro atoms. The summed E-state index contributed by atoms with van der Waals surface area (Å²) in [5.41, 5.74) is 8.59. The Kier molecular flexibility index (Phi) is 4.42. The van der Waals surface area contributed by atoms with E-state index in [2.05, 4.69) is 15.8 Å². The van der Waals surface area contributed by atoms with Crippen molar-refractivity contribution in [1.29, 1.82) is 0 Å². The Morgan fingerprint density at radius 1 is 0.963 bits per heavy atom. The molecule has 2 aromatic carbocycles. The topological polar surface area (TPSA) is 76.0 Å². The molecule has 0 aliphatic heterocycles. The van der Waals surface area contributed by atoms with Gasteiger partial charge in [0.25, 0.3) is 11.8 Å². The van der Waals surface area contributed by atoms with Crippen LogP contribution in [-0.4, -0.2) is 21.4 Å². The number of hydrogen-bond acceptors (Lipinski definition) is 3. The average Bonchev–Trinajstić information content (AvgIpc) is 3.35. The van der Waals surface area contributed by atoms with Crippen LogP contribution < -0.4 is 10.9 Å². The molecule has 0 unspecified atom stereocenters. The van der Waals surface area contributed by atoms with E-state index in [-0.39, 0.29) is 17.4 Å². The second-order valence-electron chi connectivity index (χ2n) is 6.37. The van der Waals surface area contributed by atoms with Crippen LogP contribution in [0, 0.1) is 5.82 Å². The minimum Gasteiger partial charge on any atom is -0.295 e. The van der Waals surface area contributed by atoms with Crippen molar-refractivity contribution in [1.82, 2.24) is 20.4 Å². The lowest BCUT2D eigenvalue weighted by Gasteiger charge is -2.10. The summed E-state index contributed by atoms with van der Waals surface area (Å²) < 4.78 is 14.6. The summed E-state index contributed by atoms with van der Waals surface area (Å²) >= 11 is 0. The smallest absolute Gasteiger partial charge is 0.288 e. The van der Waals surface area contributed by atoms with Crippen LogP contribution in [-0.2, 0) is 12.8 Å². The molecule has 0 saturated heterocycles. The molecule has 3 aromatic rings. The molecule has 0 fully saturated rings. The summed E-state index contributed by atoms with van der Waals surface area (Å²) in [6.45, 7) is 0. The second kappa shape index (κ2) is 7.03. The van der Waals surface area contributed by atoms with Crippen LogP contribution in [0.15, 0.2) is 55.0 Å². The number of aromatic nitrogens is 2. The molecular weight excluding hydrogens is 347 g/mol. The Balaban J connectivity index is 1.45. The quantitative estimate of drug-likeness (QED) is 0.702. The molecule has 0 atom stereocenters. The molecule has 2 amide bonds. The van der Waals surface area contributed by atoms with Gasteiger partial charge in [0, 0.05) is 11.3 Å². The number of nitrogens with zero attached hydrogens (tertiary/aromatic N) is 2. The van der Waals surface area contributed by atoms with Gasteiger partial charge in [0.1, 0.15) is 11.5 Å². The summed E-state index contributed by atoms with van der Waals surface area (Å²) in [5.74, 6) is -1.27. The summed E-state index contributed by atoms with van der Waals surface area (Å²) in [6, 6.07) is 11.3. The highest BCUT2D eigenvalue weighted by molar-refractivity contribution is 5.98. The number of rotatable bonds is 3. The zero-order chi connectivity index (χ0) is 18.8. The molecule has 4 rings (SSSR count). The fourth-order valence-electron chi connectivity index (χ4n) is 3.23. The van der Waals surface area contributed by atoms with Crippen LogP contribution >= 0.6 is 0 Å². The molecule has 1 aliphatic carbocycles. The lowest BCUT2D eigenvalue weighted by atomic mass is 10.1. The normalized spacial score (nSPS) is 12.5. The Morgan fingerprint density at radius 3 is 2.52 bits per heavy atom. The lowest BCUT2D eigenvalue weighted by Crippen LogP contribution is -2.42. The minimum atomic E-state index is -0.522. The Hall–Kier alpha value is -3.48. The monoisotopic (exact) mass is 364 g/mol. The molecule has 6 nitrogen and oxygen atoms in total. The highest BCUT2D eigenvalue weighted by Crippen LogP contribution is 2.22. The van der Waals surface area contributed by atoms with E-state index in [1.807, 2.05) is 12.1 Å². The van der Waals surface area contributed by atoms with Gasteiger partial charge in [-0.1, -0.05) is 6.07 Å². The molecule has 0 bridgehead atoms. The van der Waals surface area contributed by atoms with Gasteiger partial charge in [-0.2, -0.15) is 0 Å². The van der Waals surface area contributed by atoms with Gasteiger partial charge < -0.3 is 0 Å². The average molecular weight is 364 g/mol. The number of imidazole rings is 1. The van der Waals surface area contributed by atoms with Crippen molar-refractivity contribution in [2.24, 2.45) is 0 Å². The number of carbonyl (C=O) groups is 2. The van der Waals surface area contributed by atoms with Crippen LogP contribution in [0.5, 0.6) is 0 Å². The van der Waals surface area contributed by atoms with Crippen molar-refractivity contribution in [3.05, 3.63) is 83.2 Å². The second-order valence-corrected chi connectivity index (χ2v) is 6.37. The summed E-state index contributed by atoms with van der Waals surface area (Å²) in [6.07, 6.45) is 5.94. The number of amides is 2. The lowest BCUT2D eigenvalue weighted by molar-refractivity contribution is 0.0843. The molecule has 136 valence electrons. The summed E-state index contributed by atoms with van der Waals surface area (Å²) in [5, 5.41) is 0. The van der Waals surface area contributed by atoms with Crippen LogP contribution in [0.25, 0.3) is 5.69 Å². The van der Waals surface area contributed by atoms with Crippen molar-refractivity contribution in [2.45, 2.75) is 19.3 Å². The fourth-order valence-corrected chi connectivity index (χ4v) is 3.23. The number of hydrazine groups is 1. The third-order valence-electron chi connectivity index (χ3n) is 4.63. The van der Waals surface area contributed by atoms with Crippen molar-refractivity contribution in [2.75, 3.05) is 0 Å². The number of benzene rings is 2. The van der Waals surface area contributed by atoms with E-state index in [0.717, 1.165) is 19.3 Å². The van der Waals surface area contributed by atoms with E-state index in [4.69, 9.17) is 0 Å². The van der Waals surface area contributed by atoms with Crippen LogP contribution in [0.3, 0.4) is 0 Å². The fraction of sp³-hybridized carbons (Fsp3) is 0.150. The largest absolute Gasteiger partial charge is 0.295 e. The van der Waals surface area contributed by atoms with Gasteiger partial charge in [-0.3, -0.25) is 25.0 Å². The number of carbonyl (C=O) groups excluding carboxylic acids is 2. The van der Waals surface area contributed by atoms with Crippen molar-refractivity contribution >= 4 is 11.8 Å². The molecular formula is C20H17FN4O2. The van der Waals surface area contributed by atoms with Gasteiger partial charge in [0.15, 0.2) is 0 Å². The molecule has 1 aliphatic rings. The Morgan fingerprint density at radius 2 is 1.70 bits per heavy atom. The molecule has 0 saturated carbocycles. The molecule has 1 heterocycles. The maximum absolute atomic E-state index is 13.1. The number of halogens is 1. The standard InChI is InChI=1S/C20H17FN4O2/c21-16-6-8-17(9-7-16)25-12-22-11-18(25)20(27)24-23-19(26)15-5-4-13-2-1-3-14(13)10-15/h4-12H,1-3H2,(H,23,26)(H,24,27). The molecule has 27 heavy (non-hydrogen) atoms. The van der Waals surface area contributed by atoms with E-state index in [1.54, 1.807) is 6.07 Å². The maximum Gasteiger partial charge on any atom is 0.288 e. The van der Waals surface area contributed by atoms with Gasteiger partial charge in [-0.25, -0.2) is 9.37 Å². The maximum atomic E-state index is 13.1. The van der Waals surface area contributed by atoms with Gasteiger partial charge in [-0.05, 0) is 66.8 Å². The molecule has 1 aromatic heterocycles. The van der Waals surface area contributed by atoms with Gasteiger partial charge in [0.05, 0.1) is 12.5 Å². The molecule has 2 N–H and O–H groups in total. The van der Waals surface area contributed by atoms with Crippen LogP contribution in [0.4, 0.5) is 4.39 Å². The first-order valence-corrected chi connectivity index (χ1v) is 8.62. The number of hydrogen-bond donors (Lipinski definition) is 2. The van der Waals surface area contributed by atoms with Gasteiger partial charge in [-0.15, -0.1) is 0 Å². The summed E-state index contributed by atoms with van der Waals surface area (Å²) in [4.78, 5) is 28.7. The zero-order valence-corrected chi connectivity index (χ0v) is 14.4. The van der Waals surface area contributed by atoms with E-state index >= 15 is 0 Å². The third-order valence-corrected chi connectivity index (χ3v) is 4.63. The number of nitrogens with one attached hydrogen (secondary N) is 2. The zero-order valence-electron chi connectivity index (χ0n) is 14.4. The van der Waals surface area contributed by atoms with Gasteiger partial charge >= 0.3 is 0 Å².